The van der Waals surface area contributed by atoms with Gasteiger partial charge in [-0.05, 0) is 17.1 Å². The molecule has 4 nitrogen and oxygen atoms in total. The van der Waals surface area contributed by atoms with E-state index < -0.39 is 0 Å². The molecule has 0 fully saturated rings. The lowest BCUT2D eigenvalue weighted by atomic mass is 10.0. The van der Waals surface area contributed by atoms with Gasteiger partial charge in [0.05, 0.1) is 0 Å². The van der Waals surface area contributed by atoms with Gasteiger partial charge in [-0.15, -0.1) is 0 Å². The van der Waals surface area contributed by atoms with Crippen LogP contribution in [-0.2, 0) is 4.79 Å². The molecule has 0 aromatic carbocycles. The van der Waals surface area contributed by atoms with Crippen molar-refractivity contribution in [3.63, 3.8) is 0 Å². The van der Waals surface area contributed by atoms with Crippen LogP contribution in [0.3, 0.4) is 0 Å². The maximum Gasteiger partial charge on any atom is 0.330 e. The molecule has 58 valence electrons. The average Bonchev–Trinajstić information content (AvgIpc) is 2.07. The largest absolute Gasteiger partial charge is 0.330 e. The molecule has 2 rings (SSSR count). The lowest BCUT2D eigenvalue weighted by molar-refractivity contribution is -0.340. The molecule has 1 heterocycles. The Morgan fingerprint density at radius 1 is 1.42 bits per heavy atom. The summed E-state index contributed by atoms with van der Waals surface area (Å²) in [6.07, 6.45) is 7.07. The second-order valence-electron chi connectivity index (χ2n) is 2.42. The van der Waals surface area contributed by atoms with Gasteiger partial charge in [-0.2, -0.15) is 0 Å². The number of aliphatic imine (C=N–C) groups is 1. The molecule has 0 radical (unpaired) electrons. The van der Waals surface area contributed by atoms with Crippen LogP contribution in [0, 0.1) is 4.91 Å². The van der Waals surface area contributed by atoms with Gasteiger partial charge in [0, 0.05) is 4.76 Å². The van der Waals surface area contributed by atoms with E-state index in [9.17, 15) is 9.70 Å². The van der Waals surface area contributed by atoms with Crippen molar-refractivity contribution in [2.45, 2.75) is 0 Å². The minimum Gasteiger partial charge on any atom is -0.289 e. The molecule has 1 aliphatic heterocycles. The number of hydrogen-bond acceptors (Lipinski definition) is 3. The van der Waals surface area contributed by atoms with Crippen molar-refractivity contribution < 1.29 is 9.55 Å². The maximum absolute atomic E-state index is 11.1. The summed E-state index contributed by atoms with van der Waals surface area (Å²) in [5.41, 5.74) is 0.907. The number of carbonyl (C=O) groups excluding carboxylic acids is 1. The van der Waals surface area contributed by atoms with Crippen molar-refractivity contribution in [2.24, 2.45) is 4.99 Å². The first kappa shape index (κ1) is 6.84. The zero-order chi connectivity index (χ0) is 8.55. The molecule has 0 aromatic rings. The highest BCUT2D eigenvalue weighted by Gasteiger charge is 2.24. The van der Waals surface area contributed by atoms with Gasteiger partial charge in [-0.25, -0.2) is 0 Å². The Balaban J connectivity index is 2.53. The van der Waals surface area contributed by atoms with Gasteiger partial charge in [0.25, 0.3) is 0 Å². The highest BCUT2D eigenvalue weighted by molar-refractivity contribution is 6.08. The Bertz CT molecular complexity index is 386. The molecule has 1 aliphatic carbocycles. The minimum absolute atomic E-state index is 0.176. The molecular weight excluding hydrogens is 156 g/mol. The predicted octanol–water partition coefficient (Wildman–Crippen LogP) is 0.714. The lowest BCUT2D eigenvalue weighted by Crippen LogP contribution is -2.12. The molecular formula is C8H5N2O2+. The topological polar surface area (TPSA) is 49.5 Å². The van der Waals surface area contributed by atoms with E-state index in [1.807, 2.05) is 0 Å². The van der Waals surface area contributed by atoms with Crippen LogP contribution in [0.4, 0.5) is 0 Å². The number of allylic oxidation sites excluding steroid dienone is 4. The minimum atomic E-state index is -0.176. The van der Waals surface area contributed by atoms with Crippen molar-refractivity contribution >= 4 is 12.1 Å². The van der Waals surface area contributed by atoms with Gasteiger partial charge in [0.15, 0.2) is 17.7 Å². The third-order valence-electron chi connectivity index (χ3n) is 1.61. The summed E-state index contributed by atoms with van der Waals surface area (Å²) in [7, 11) is 0. The van der Waals surface area contributed by atoms with Gasteiger partial charge in [-0.1, -0.05) is 11.0 Å². The van der Waals surface area contributed by atoms with Gasteiger partial charge < -0.3 is 0 Å². The fraction of sp³-hybridized carbons (Fsp3) is 0. The summed E-state index contributed by atoms with van der Waals surface area (Å²) in [5, 5.41) is 0. The van der Waals surface area contributed by atoms with E-state index in [0.717, 1.165) is 6.34 Å². The molecule has 12 heavy (non-hydrogen) atoms. The summed E-state index contributed by atoms with van der Waals surface area (Å²) in [5.74, 6) is -0.176. The van der Waals surface area contributed by atoms with E-state index in [0.29, 0.717) is 16.0 Å². The van der Waals surface area contributed by atoms with Crippen molar-refractivity contribution in [1.29, 1.82) is 0 Å². The normalized spacial score (nSPS) is 20.3. The number of hydrogen-bond donors (Lipinski definition) is 0. The van der Waals surface area contributed by atoms with E-state index in [2.05, 4.69) is 4.99 Å². The number of nitroso groups, excluding NO2 is 1. The van der Waals surface area contributed by atoms with Gasteiger partial charge in [-0.3, -0.25) is 4.79 Å². The number of ketones is 1. The van der Waals surface area contributed by atoms with Crippen molar-refractivity contribution in [3.05, 3.63) is 40.6 Å². The maximum atomic E-state index is 11.1. The first-order chi connectivity index (χ1) is 5.77. The molecule has 0 bridgehead atoms. The second-order valence-corrected chi connectivity index (χ2v) is 2.42. The van der Waals surface area contributed by atoms with E-state index in [4.69, 9.17) is 0 Å². The number of nitrogens with zero attached hydrogens (tertiary/aromatic N) is 2. The Labute approximate surface area is 68.2 Å². The molecule has 0 amide bonds. The van der Waals surface area contributed by atoms with Crippen LogP contribution in [0.15, 0.2) is 40.7 Å². The fourth-order valence-corrected chi connectivity index (χ4v) is 1.05. The molecule has 0 spiro atoms. The molecule has 0 aromatic heterocycles. The highest BCUT2D eigenvalue weighted by atomic mass is 16.3. The third kappa shape index (κ3) is 0.934. The second kappa shape index (κ2) is 2.34. The molecule has 0 atom stereocenters. The van der Waals surface area contributed by atoms with E-state index in [1.54, 1.807) is 12.2 Å². The Morgan fingerprint density at radius 3 is 3.08 bits per heavy atom. The molecule has 2 aliphatic rings. The van der Waals surface area contributed by atoms with Crippen LogP contribution < -0.4 is 0 Å². The van der Waals surface area contributed by atoms with Gasteiger partial charge >= 0.3 is 6.34 Å². The molecule has 4 heteroatoms. The number of fused-ring (bicyclic) bond motifs is 1. The SMILES string of the molecule is O=C1C=CC=C2N=C[N+](=O)C=C12. The third-order valence-corrected chi connectivity index (χ3v) is 1.61. The van der Waals surface area contributed by atoms with Crippen LogP contribution in [0.5, 0.6) is 0 Å². The number of rotatable bonds is 0. The zero-order valence-corrected chi connectivity index (χ0v) is 6.10. The van der Waals surface area contributed by atoms with E-state index in [-0.39, 0.29) is 5.78 Å². The van der Waals surface area contributed by atoms with E-state index >= 15 is 0 Å². The highest BCUT2D eigenvalue weighted by Crippen LogP contribution is 2.19. The van der Waals surface area contributed by atoms with Crippen LogP contribution >= 0.6 is 0 Å². The fourth-order valence-electron chi connectivity index (χ4n) is 1.05. The summed E-state index contributed by atoms with van der Waals surface area (Å²) in [4.78, 5) is 25.7. The summed E-state index contributed by atoms with van der Waals surface area (Å²) in [6, 6.07) is 0. The Morgan fingerprint density at radius 2 is 2.25 bits per heavy atom. The molecule has 0 saturated carbocycles. The van der Waals surface area contributed by atoms with Gasteiger partial charge in [0.2, 0.25) is 0 Å². The van der Waals surface area contributed by atoms with Gasteiger partial charge in [0.1, 0.15) is 5.57 Å². The van der Waals surface area contributed by atoms with Crippen LogP contribution in [0.2, 0.25) is 0 Å². The lowest BCUT2D eigenvalue weighted by Gasteiger charge is -2.02. The van der Waals surface area contributed by atoms with Crippen LogP contribution in [0.25, 0.3) is 0 Å². The summed E-state index contributed by atoms with van der Waals surface area (Å²) >= 11 is 0. The predicted molar refractivity (Wildman–Crippen MR) is 42.4 cm³/mol. The van der Waals surface area contributed by atoms with Crippen LogP contribution in [0.1, 0.15) is 0 Å². The summed E-state index contributed by atoms with van der Waals surface area (Å²) < 4.78 is 0.518. The van der Waals surface area contributed by atoms with E-state index in [1.165, 1.54) is 12.3 Å². The Kier molecular flexibility index (Phi) is 1.33. The Hall–Kier alpha value is -1.84. The van der Waals surface area contributed by atoms with Crippen molar-refractivity contribution in [3.8, 4) is 0 Å². The van der Waals surface area contributed by atoms with Crippen molar-refractivity contribution in [1.82, 2.24) is 0 Å². The zero-order valence-electron chi connectivity index (χ0n) is 6.10. The van der Waals surface area contributed by atoms with Crippen molar-refractivity contribution in [2.75, 3.05) is 0 Å². The smallest absolute Gasteiger partial charge is 0.289 e. The molecule has 0 unspecified atom stereocenters. The average molecular weight is 161 g/mol. The van der Waals surface area contributed by atoms with Crippen LogP contribution in [-0.4, -0.2) is 16.9 Å². The standard InChI is InChI=1S/C8H5N2O2/c11-8-3-1-2-7-6(8)4-10(12)5-9-7/h1-5H/q+1. The first-order valence-corrected chi connectivity index (χ1v) is 3.42. The molecule has 0 N–H and O–H groups in total. The molecule has 0 saturated heterocycles. The quantitative estimate of drug-likeness (QED) is 0.491. The monoisotopic (exact) mass is 161 g/mol. The number of carbonyl (C=O) groups is 1. The summed E-state index contributed by atoms with van der Waals surface area (Å²) in [6.45, 7) is 0. The first-order valence-electron chi connectivity index (χ1n) is 3.42.